The van der Waals surface area contributed by atoms with Gasteiger partial charge in [-0.1, -0.05) is 35.9 Å². The monoisotopic (exact) mass is 296 g/mol. The SMILES string of the molecule is O=S(=O)(Cc1ccccc1Cl)NCc1cccnc1. The van der Waals surface area contributed by atoms with Crippen LogP contribution in [0.15, 0.2) is 48.8 Å². The van der Waals surface area contributed by atoms with Crippen LogP contribution >= 0.6 is 11.6 Å². The number of nitrogens with one attached hydrogen (secondary N) is 1. The second-order valence-corrected chi connectivity index (χ2v) is 6.25. The Kier molecular flexibility index (Phi) is 4.52. The van der Waals surface area contributed by atoms with Gasteiger partial charge in [0.2, 0.25) is 10.0 Å². The maximum Gasteiger partial charge on any atom is 0.216 e. The molecule has 0 unspecified atom stereocenters. The molecule has 19 heavy (non-hydrogen) atoms. The molecule has 1 aromatic carbocycles. The van der Waals surface area contributed by atoms with Crippen molar-refractivity contribution in [3.05, 3.63) is 64.9 Å². The fourth-order valence-electron chi connectivity index (χ4n) is 1.57. The third-order valence-corrected chi connectivity index (χ3v) is 4.17. The van der Waals surface area contributed by atoms with Crippen LogP contribution in [0, 0.1) is 0 Å². The third kappa shape index (κ3) is 4.31. The molecule has 0 saturated heterocycles. The van der Waals surface area contributed by atoms with Crippen molar-refractivity contribution in [2.45, 2.75) is 12.3 Å². The predicted octanol–water partition coefficient (Wildman–Crippen LogP) is 2.35. The van der Waals surface area contributed by atoms with Crippen molar-refractivity contribution in [2.75, 3.05) is 0 Å². The summed E-state index contributed by atoms with van der Waals surface area (Å²) in [5, 5.41) is 0.453. The minimum absolute atomic E-state index is 0.132. The van der Waals surface area contributed by atoms with Gasteiger partial charge in [-0.3, -0.25) is 4.98 Å². The Hall–Kier alpha value is -1.43. The van der Waals surface area contributed by atoms with E-state index in [0.717, 1.165) is 5.56 Å². The summed E-state index contributed by atoms with van der Waals surface area (Å²) in [5.74, 6) is -0.132. The molecule has 0 atom stereocenters. The van der Waals surface area contributed by atoms with E-state index in [-0.39, 0.29) is 12.3 Å². The standard InChI is InChI=1S/C13H13ClN2O2S/c14-13-6-2-1-5-12(13)10-19(17,18)16-9-11-4-3-7-15-8-11/h1-8,16H,9-10H2. The summed E-state index contributed by atoms with van der Waals surface area (Å²) < 4.78 is 26.4. The van der Waals surface area contributed by atoms with E-state index in [4.69, 9.17) is 11.6 Å². The molecular weight excluding hydrogens is 284 g/mol. The lowest BCUT2D eigenvalue weighted by Crippen LogP contribution is -2.24. The Bertz CT molecular complexity index is 645. The highest BCUT2D eigenvalue weighted by Gasteiger charge is 2.13. The number of hydrogen-bond acceptors (Lipinski definition) is 3. The molecule has 2 aromatic rings. The van der Waals surface area contributed by atoms with Crippen molar-refractivity contribution < 1.29 is 8.42 Å². The third-order valence-electron chi connectivity index (χ3n) is 2.52. The van der Waals surface area contributed by atoms with Gasteiger partial charge in [-0.25, -0.2) is 13.1 Å². The fraction of sp³-hybridized carbons (Fsp3) is 0.154. The Morgan fingerprint density at radius 3 is 2.63 bits per heavy atom. The number of nitrogens with zero attached hydrogens (tertiary/aromatic N) is 1. The van der Waals surface area contributed by atoms with Gasteiger partial charge in [-0.2, -0.15) is 0 Å². The van der Waals surface area contributed by atoms with E-state index in [2.05, 4.69) is 9.71 Å². The van der Waals surface area contributed by atoms with Gasteiger partial charge >= 0.3 is 0 Å². The van der Waals surface area contributed by atoms with E-state index in [9.17, 15) is 8.42 Å². The minimum Gasteiger partial charge on any atom is -0.264 e. The zero-order chi connectivity index (χ0) is 13.7. The molecule has 0 radical (unpaired) electrons. The largest absolute Gasteiger partial charge is 0.264 e. The molecule has 0 aliphatic heterocycles. The van der Waals surface area contributed by atoms with E-state index in [1.165, 1.54) is 0 Å². The summed E-state index contributed by atoms with van der Waals surface area (Å²) in [5.41, 5.74) is 1.40. The molecule has 4 nitrogen and oxygen atoms in total. The molecule has 0 spiro atoms. The molecule has 0 aliphatic rings. The molecule has 0 aliphatic carbocycles. The van der Waals surface area contributed by atoms with E-state index in [0.29, 0.717) is 10.6 Å². The summed E-state index contributed by atoms with van der Waals surface area (Å²) in [7, 11) is -3.42. The van der Waals surface area contributed by atoms with Crippen LogP contribution in [-0.4, -0.2) is 13.4 Å². The van der Waals surface area contributed by atoms with Crippen molar-refractivity contribution in [3.63, 3.8) is 0 Å². The van der Waals surface area contributed by atoms with Crippen molar-refractivity contribution in [3.8, 4) is 0 Å². The van der Waals surface area contributed by atoms with Crippen molar-refractivity contribution in [1.29, 1.82) is 0 Å². The second kappa shape index (κ2) is 6.14. The first kappa shape index (κ1) is 14.0. The molecule has 6 heteroatoms. The molecule has 0 saturated carbocycles. The van der Waals surface area contributed by atoms with Gasteiger partial charge in [0.1, 0.15) is 0 Å². The lowest BCUT2D eigenvalue weighted by molar-refractivity contribution is 0.580. The lowest BCUT2D eigenvalue weighted by atomic mass is 10.2. The molecule has 0 bridgehead atoms. The maximum atomic E-state index is 11.9. The summed E-state index contributed by atoms with van der Waals surface area (Å²) in [4.78, 5) is 3.93. The average molecular weight is 297 g/mol. The zero-order valence-electron chi connectivity index (χ0n) is 10.1. The first-order chi connectivity index (χ1) is 9.07. The molecule has 0 fully saturated rings. The average Bonchev–Trinajstić information content (AvgIpc) is 2.40. The maximum absolute atomic E-state index is 11.9. The van der Waals surface area contributed by atoms with Crippen molar-refractivity contribution >= 4 is 21.6 Å². The Morgan fingerprint density at radius 1 is 1.16 bits per heavy atom. The summed E-state index contributed by atoms with van der Waals surface area (Å²) >= 11 is 5.95. The van der Waals surface area contributed by atoms with Crippen molar-refractivity contribution in [2.24, 2.45) is 0 Å². The van der Waals surface area contributed by atoms with Gasteiger partial charge in [-0.05, 0) is 23.3 Å². The first-order valence-corrected chi connectivity index (χ1v) is 7.69. The van der Waals surface area contributed by atoms with Gasteiger partial charge in [0.05, 0.1) is 5.75 Å². The van der Waals surface area contributed by atoms with Crippen LogP contribution < -0.4 is 4.72 Å². The number of benzene rings is 1. The normalized spacial score (nSPS) is 11.4. The highest BCUT2D eigenvalue weighted by atomic mass is 35.5. The number of sulfonamides is 1. The van der Waals surface area contributed by atoms with Crippen LogP contribution in [-0.2, 0) is 22.3 Å². The number of rotatable bonds is 5. The van der Waals surface area contributed by atoms with Crippen LogP contribution in [0.2, 0.25) is 5.02 Å². The van der Waals surface area contributed by atoms with Gasteiger partial charge in [0, 0.05) is 24.0 Å². The molecule has 2 rings (SSSR count). The molecule has 1 heterocycles. The lowest BCUT2D eigenvalue weighted by Gasteiger charge is -2.07. The topological polar surface area (TPSA) is 59.1 Å². The van der Waals surface area contributed by atoms with E-state index < -0.39 is 10.0 Å². The van der Waals surface area contributed by atoms with Gasteiger partial charge in [-0.15, -0.1) is 0 Å². The van der Waals surface area contributed by atoms with Gasteiger partial charge in [0.25, 0.3) is 0 Å². The summed E-state index contributed by atoms with van der Waals surface area (Å²) in [6, 6.07) is 10.5. The van der Waals surface area contributed by atoms with Crippen LogP contribution in [0.25, 0.3) is 0 Å². The van der Waals surface area contributed by atoms with E-state index in [1.54, 1.807) is 42.7 Å². The predicted molar refractivity (Wildman–Crippen MR) is 75.2 cm³/mol. The number of hydrogen-bond donors (Lipinski definition) is 1. The quantitative estimate of drug-likeness (QED) is 0.921. The highest BCUT2D eigenvalue weighted by Crippen LogP contribution is 2.17. The summed E-state index contributed by atoms with van der Waals surface area (Å²) in [6.45, 7) is 0.223. The Balaban J connectivity index is 2.02. The highest BCUT2D eigenvalue weighted by molar-refractivity contribution is 7.88. The van der Waals surface area contributed by atoms with Crippen LogP contribution in [0.4, 0.5) is 0 Å². The Labute approximate surface area is 117 Å². The minimum atomic E-state index is -3.42. The fourth-order valence-corrected chi connectivity index (χ4v) is 3.00. The molecule has 0 amide bonds. The van der Waals surface area contributed by atoms with Crippen LogP contribution in [0.5, 0.6) is 0 Å². The van der Waals surface area contributed by atoms with E-state index in [1.807, 2.05) is 6.07 Å². The zero-order valence-corrected chi connectivity index (χ0v) is 11.7. The summed E-state index contributed by atoms with van der Waals surface area (Å²) in [6.07, 6.45) is 3.26. The number of pyridine rings is 1. The van der Waals surface area contributed by atoms with Crippen molar-refractivity contribution in [1.82, 2.24) is 9.71 Å². The second-order valence-electron chi connectivity index (χ2n) is 4.03. The van der Waals surface area contributed by atoms with Gasteiger partial charge in [0.15, 0.2) is 0 Å². The first-order valence-electron chi connectivity index (χ1n) is 5.66. The number of halogens is 1. The van der Waals surface area contributed by atoms with Crippen LogP contribution in [0.1, 0.15) is 11.1 Å². The molecule has 100 valence electrons. The molecular formula is C13H13ClN2O2S. The Morgan fingerprint density at radius 2 is 1.95 bits per heavy atom. The van der Waals surface area contributed by atoms with Gasteiger partial charge < -0.3 is 0 Å². The molecule has 1 N–H and O–H groups in total. The van der Waals surface area contributed by atoms with Crippen LogP contribution in [0.3, 0.4) is 0 Å². The smallest absolute Gasteiger partial charge is 0.216 e. The number of aromatic nitrogens is 1. The van der Waals surface area contributed by atoms with E-state index >= 15 is 0 Å². The molecule has 1 aromatic heterocycles.